The van der Waals surface area contributed by atoms with E-state index in [0.717, 1.165) is 5.75 Å². The molecular formula is C16H26N2O2. The molecule has 0 bridgehead atoms. The van der Waals surface area contributed by atoms with E-state index in [4.69, 9.17) is 4.74 Å². The van der Waals surface area contributed by atoms with Crippen molar-refractivity contribution in [2.24, 2.45) is 0 Å². The van der Waals surface area contributed by atoms with Crippen LogP contribution in [-0.2, 0) is 0 Å². The van der Waals surface area contributed by atoms with E-state index in [1.54, 1.807) is 0 Å². The molecule has 0 aliphatic heterocycles. The van der Waals surface area contributed by atoms with E-state index in [1.807, 2.05) is 39.0 Å². The predicted octanol–water partition coefficient (Wildman–Crippen LogP) is 3.29. The van der Waals surface area contributed by atoms with Crippen molar-refractivity contribution in [1.82, 2.24) is 10.6 Å². The fourth-order valence-electron chi connectivity index (χ4n) is 1.80. The van der Waals surface area contributed by atoms with Gasteiger partial charge < -0.3 is 15.4 Å². The molecule has 0 saturated carbocycles. The molecule has 20 heavy (non-hydrogen) atoms. The van der Waals surface area contributed by atoms with Gasteiger partial charge >= 0.3 is 6.03 Å². The number of urea groups is 1. The average molecular weight is 278 g/mol. The number of ether oxygens (including phenoxy) is 1. The third-order valence-corrected chi connectivity index (χ3v) is 2.67. The molecule has 2 N–H and O–H groups in total. The Hall–Kier alpha value is -1.71. The Bertz CT molecular complexity index is 436. The van der Waals surface area contributed by atoms with Crippen LogP contribution in [0.3, 0.4) is 0 Å². The van der Waals surface area contributed by atoms with Gasteiger partial charge in [-0.2, -0.15) is 0 Å². The van der Waals surface area contributed by atoms with Crippen molar-refractivity contribution in [3.63, 3.8) is 0 Å². The summed E-state index contributed by atoms with van der Waals surface area (Å²) in [5, 5.41) is 5.62. The van der Waals surface area contributed by atoms with Crippen molar-refractivity contribution in [1.29, 1.82) is 0 Å². The summed E-state index contributed by atoms with van der Waals surface area (Å²) in [6.45, 7) is 11.1. The van der Waals surface area contributed by atoms with E-state index in [-0.39, 0.29) is 11.6 Å². The largest absolute Gasteiger partial charge is 0.491 e. The van der Waals surface area contributed by atoms with Crippen LogP contribution in [0.15, 0.2) is 24.3 Å². The fourth-order valence-corrected chi connectivity index (χ4v) is 1.80. The molecule has 0 fully saturated rings. The highest BCUT2D eigenvalue weighted by Gasteiger charge is 2.13. The van der Waals surface area contributed by atoms with E-state index >= 15 is 0 Å². The Morgan fingerprint density at radius 1 is 1.25 bits per heavy atom. The van der Waals surface area contributed by atoms with Gasteiger partial charge in [0.15, 0.2) is 0 Å². The summed E-state index contributed by atoms with van der Waals surface area (Å²) in [7, 11) is 0. The Morgan fingerprint density at radius 2 is 1.90 bits per heavy atom. The van der Waals surface area contributed by atoms with E-state index in [9.17, 15) is 4.79 Å². The Kier molecular flexibility index (Phi) is 5.86. The van der Waals surface area contributed by atoms with Crippen molar-refractivity contribution in [3.05, 3.63) is 29.8 Å². The van der Waals surface area contributed by atoms with Gasteiger partial charge in [-0.1, -0.05) is 32.0 Å². The molecule has 112 valence electrons. The Labute approximate surface area is 121 Å². The molecular weight excluding hydrogens is 252 g/mol. The lowest BCUT2D eigenvalue weighted by molar-refractivity contribution is 0.228. The second kappa shape index (κ2) is 7.17. The molecule has 0 atom stereocenters. The molecule has 0 spiro atoms. The van der Waals surface area contributed by atoms with Gasteiger partial charge in [-0.25, -0.2) is 4.79 Å². The minimum Gasteiger partial charge on any atom is -0.491 e. The molecule has 4 nitrogen and oxygen atoms in total. The summed E-state index contributed by atoms with van der Waals surface area (Å²) >= 11 is 0. The van der Waals surface area contributed by atoms with Crippen LogP contribution in [-0.4, -0.2) is 24.7 Å². The average Bonchev–Trinajstić information content (AvgIpc) is 2.33. The maximum Gasteiger partial charge on any atom is 0.315 e. The number of carbonyl (C=O) groups is 1. The van der Waals surface area contributed by atoms with Gasteiger partial charge in [-0.05, 0) is 38.3 Å². The Balaban J connectivity index is 2.37. The van der Waals surface area contributed by atoms with Gasteiger partial charge in [0.1, 0.15) is 12.4 Å². The smallest absolute Gasteiger partial charge is 0.315 e. The monoisotopic (exact) mass is 278 g/mol. The number of hydrogen-bond donors (Lipinski definition) is 2. The number of para-hydroxylation sites is 1. The zero-order valence-corrected chi connectivity index (χ0v) is 13.1. The molecule has 0 aromatic heterocycles. The highest BCUT2D eigenvalue weighted by Crippen LogP contribution is 2.25. The molecule has 0 aliphatic carbocycles. The number of benzene rings is 1. The van der Waals surface area contributed by atoms with Crippen LogP contribution >= 0.6 is 0 Å². The van der Waals surface area contributed by atoms with E-state index in [1.165, 1.54) is 5.56 Å². The summed E-state index contributed by atoms with van der Waals surface area (Å²) in [5.74, 6) is 1.31. The lowest BCUT2D eigenvalue weighted by atomic mass is 10.0. The van der Waals surface area contributed by atoms with Crippen LogP contribution in [0.1, 0.15) is 46.1 Å². The van der Waals surface area contributed by atoms with E-state index in [2.05, 4.69) is 30.5 Å². The SMILES string of the molecule is CC(C)c1ccccc1OCCNC(=O)NC(C)(C)C. The van der Waals surface area contributed by atoms with Crippen LogP contribution in [0, 0.1) is 0 Å². The van der Waals surface area contributed by atoms with Crippen LogP contribution in [0.25, 0.3) is 0 Å². The number of carbonyl (C=O) groups excluding carboxylic acids is 1. The molecule has 2 amide bonds. The highest BCUT2D eigenvalue weighted by atomic mass is 16.5. The van der Waals surface area contributed by atoms with Gasteiger partial charge in [-0.15, -0.1) is 0 Å². The molecule has 0 aliphatic rings. The van der Waals surface area contributed by atoms with Crippen molar-refractivity contribution in [2.45, 2.75) is 46.1 Å². The van der Waals surface area contributed by atoms with Gasteiger partial charge in [-0.3, -0.25) is 0 Å². The maximum absolute atomic E-state index is 11.6. The molecule has 1 aromatic rings. The first kappa shape index (κ1) is 16.3. The minimum absolute atomic E-state index is 0.168. The number of amides is 2. The van der Waals surface area contributed by atoms with Crippen LogP contribution < -0.4 is 15.4 Å². The molecule has 0 radical (unpaired) electrons. The molecule has 1 rings (SSSR count). The number of rotatable bonds is 5. The van der Waals surface area contributed by atoms with Gasteiger partial charge in [0.05, 0.1) is 6.54 Å². The minimum atomic E-state index is -0.227. The maximum atomic E-state index is 11.6. The van der Waals surface area contributed by atoms with Crippen LogP contribution in [0.4, 0.5) is 4.79 Å². The fraction of sp³-hybridized carbons (Fsp3) is 0.562. The van der Waals surface area contributed by atoms with Gasteiger partial charge in [0, 0.05) is 5.54 Å². The van der Waals surface area contributed by atoms with Crippen LogP contribution in [0.5, 0.6) is 5.75 Å². The molecule has 0 unspecified atom stereocenters. The molecule has 0 saturated heterocycles. The quantitative estimate of drug-likeness (QED) is 0.812. The summed E-state index contributed by atoms with van der Waals surface area (Å²) in [5.41, 5.74) is 0.960. The van der Waals surface area contributed by atoms with Crippen molar-refractivity contribution in [3.8, 4) is 5.75 Å². The standard InChI is InChI=1S/C16H26N2O2/c1-12(2)13-8-6-7-9-14(13)20-11-10-17-15(19)18-16(3,4)5/h6-9,12H,10-11H2,1-5H3,(H2,17,18,19). The van der Waals surface area contributed by atoms with Gasteiger partial charge in [0.2, 0.25) is 0 Å². The second-order valence-corrected chi connectivity index (χ2v) is 6.17. The molecule has 1 aromatic carbocycles. The summed E-state index contributed by atoms with van der Waals surface area (Å²) in [6, 6.07) is 7.83. The lowest BCUT2D eigenvalue weighted by Gasteiger charge is -2.21. The second-order valence-electron chi connectivity index (χ2n) is 6.17. The van der Waals surface area contributed by atoms with Crippen molar-refractivity contribution >= 4 is 6.03 Å². The van der Waals surface area contributed by atoms with E-state index in [0.29, 0.717) is 19.1 Å². The number of hydrogen-bond acceptors (Lipinski definition) is 2. The third kappa shape index (κ3) is 5.95. The normalized spacial score (nSPS) is 11.3. The summed E-state index contributed by atoms with van der Waals surface area (Å²) < 4.78 is 5.74. The summed E-state index contributed by atoms with van der Waals surface area (Å²) in [4.78, 5) is 11.6. The number of nitrogens with one attached hydrogen (secondary N) is 2. The first-order chi connectivity index (χ1) is 9.29. The van der Waals surface area contributed by atoms with Gasteiger partial charge in [0.25, 0.3) is 0 Å². The first-order valence-corrected chi connectivity index (χ1v) is 7.07. The molecule has 4 heteroatoms. The zero-order valence-electron chi connectivity index (χ0n) is 13.1. The highest BCUT2D eigenvalue weighted by molar-refractivity contribution is 5.74. The zero-order chi connectivity index (χ0) is 15.2. The third-order valence-electron chi connectivity index (χ3n) is 2.67. The predicted molar refractivity (Wildman–Crippen MR) is 82.3 cm³/mol. The van der Waals surface area contributed by atoms with Crippen molar-refractivity contribution in [2.75, 3.05) is 13.2 Å². The Morgan fingerprint density at radius 3 is 2.50 bits per heavy atom. The lowest BCUT2D eigenvalue weighted by Crippen LogP contribution is -2.47. The van der Waals surface area contributed by atoms with Crippen LogP contribution in [0.2, 0.25) is 0 Å². The topological polar surface area (TPSA) is 50.4 Å². The molecule has 0 heterocycles. The van der Waals surface area contributed by atoms with Crippen molar-refractivity contribution < 1.29 is 9.53 Å². The first-order valence-electron chi connectivity index (χ1n) is 7.07. The van der Waals surface area contributed by atoms with E-state index < -0.39 is 0 Å². The summed E-state index contributed by atoms with van der Waals surface area (Å²) in [6.07, 6.45) is 0.